The van der Waals surface area contributed by atoms with Crippen LogP contribution >= 0.6 is 0 Å². The van der Waals surface area contributed by atoms with E-state index in [1.807, 2.05) is 4.90 Å². The summed E-state index contributed by atoms with van der Waals surface area (Å²) in [6, 6.07) is 4.30. The Balaban J connectivity index is 1.67. The molecule has 1 unspecified atom stereocenters. The lowest BCUT2D eigenvalue weighted by molar-refractivity contribution is 0.0574. The summed E-state index contributed by atoms with van der Waals surface area (Å²) < 4.78 is 7.69. The molecule has 0 fully saturated rings. The molecule has 2 aromatic heterocycles. The average molecular weight is 299 g/mol. The molecule has 116 valence electrons. The van der Waals surface area contributed by atoms with Gasteiger partial charge < -0.3 is 14.0 Å². The van der Waals surface area contributed by atoms with Crippen LogP contribution in [0.5, 0.6) is 0 Å². The first-order chi connectivity index (χ1) is 10.8. The average Bonchev–Trinajstić information content (AvgIpc) is 3.19. The molecule has 1 amide bonds. The summed E-state index contributed by atoms with van der Waals surface area (Å²) in [4.78, 5) is 15.0. The van der Waals surface area contributed by atoms with Gasteiger partial charge in [-0.2, -0.15) is 0 Å². The predicted molar refractivity (Wildman–Crippen MR) is 81.6 cm³/mol. The smallest absolute Gasteiger partial charge is 0.293 e. The van der Waals surface area contributed by atoms with Gasteiger partial charge in [0.25, 0.3) is 5.91 Å². The molecule has 1 aliphatic carbocycles. The van der Waals surface area contributed by atoms with Gasteiger partial charge in [0.05, 0.1) is 11.7 Å². The minimum Gasteiger partial charge on any atom is -0.350 e. The Bertz CT molecular complexity index is 701. The Morgan fingerprint density at radius 1 is 1.36 bits per heavy atom. The zero-order valence-electron chi connectivity index (χ0n) is 12.9. The van der Waals surface area contributed by atoms with E-state index in [4.69, 9.17) is 4.52 Å². The molecule has 5 nitrogen and oxygen atoms in total. The number of aryl methyl sites for hydroxylation is 1. The van der Waals surface area contributed by atoms with Crippen LogP contribution in [-0.4, -0.2) is 27.1 Å². The minimum atomic E-state index is 0.00921. The van der Waals surface area contributed by atoms with Crippen molar-refractivity contribution in [3.8, 4) is 0 Å². The summed E-state index contributed by atoms with van der Waals surface area (Å²) in [5.74, 6) is 0.489. The zero-order chi connectivity index (χ0) is 15.1. The van der Waals surface area contributed by atoms with E-state index in [9.17, 15) is 4.79 Å². The van der Waals surface area contributed by atoms with Crippen LogP contribution in [0.25, 0.3) is 0 Å². The lowest BCUT2D eigenvalue weighted by atomic mass is 9.95. The van der Waals surface area contributed by atoms with Gasteiger partial charge in [0, 0.05) is 30.5 Å². The molecule has 0 aromatic carbocycles. The van der Waals surface area contributed by atoms with E-state index in [2.05, 4.69) is 35.0 Å². The maximum Gasteiger partial charge on any atom is 0.293 e. The maximum atomic E-state index is 13.0. The van der Waals surface area contributed by atoms with Crippen LogP contribution in [0.15, 0.2) is 22.9 Å². The lowest BCUT2D eigenvalue weighted by Crippen LogP contribution is -2.41. The highest BCUT2D eigenvalue weighted by Crippen LogP contribution is 2.32. The molecule has 3 heterocycles. The summed E-state index contributed by atoms with van der Waals surface area (Å²) in [7, 11) is 0. The summed E-state index contributed by atoms with van der Waals surface area (Å²) in [5.41, 5.74) is 3.26. The molecule has 0 bridgehead atoms. The first-order valence-electron chi connectivity index (χ1n) is 8.23. The van der Waals surface area contributed by atoms with Gasteiger partial charge in [-0.15, -0.1) is 0 Å². The summed E-state index contributed by atoms with van der Waals surface area (Å²) in [6.45, 7) is 3.71. The van der Waals surface area contributed by atoms with Gasteiger partial charge in [0.2, 0.25) is 5.76 Å². The Morgan fingerprint density at radius 2 is 2.23 bits per heavy atom. The zero-order valence-corrected chi connectivity index (χ0v) is 12.9. The Kier molecular flexibility index (Phi) is 3.28. The van der Waals surface area contributed by atoms with Gasteiger partial charge in [-0.1, -0.05) is 12.1 Å². The van der Waals surface area contributed by atoms with Crippen LogP contribution in [0.1, 0.15) is 59.7 Å². The fourth-order valence-electron chi connectivity index (χ4n) is 3.83. The fourth-order valence-corrected chi connectivity index (χ4v) is 3.83. The number of carbonyl (C=O) groups is 1. The SMILES string of the molecule is CCC1c2cccn2CCN1C(=O)c1onc2c1CCCC2. The lowest BCUT2D eigenvalue weighted by Gasteiger charge is -2.36. The number of aromatic nitrogens is 2. The number of carbonyl (C=O) groups excluding carboxylic acids is 1. The van der Waals surface area contributed by atoms with Gasteiger partial charge in [-0.05, 0) is 44.2 Å². The van der Waals surface area contributed by atoms with Gasteiger partial charge in [0.1, 0.15) is 0 Å². The highest BCUT2D eigenvalue weighted by Gasteiger charge is 2.34. The van der Waals surface area contributed by atoms with Crippen molar-refractivity contribution in [2.75, 3.05) is 6.54 Å². The van der Waals surface area contributed by atoms with Crippen LogP contribution in [0.4, 0.5) is 0 Å². The van der Waals surface area contributed by atoms with Crippen LogP contribution in [0.3, 0.4) is 0 Å². The van der Waals surface area contributed by atoms with E-state index < -0.39 is 0 Å². The van der Waals surface area contributed by atoms with Gasteiger partial charge >= 0.3 is 0 Å². The van der Waals surface area contributed by atoms with E-state index in [-0.39, 0.29) is 11.9 Å². The van der Waals surface area contributed by atoms with Crippen molar-refractivity contribution >= 4 is 5.91 Å². The first kappa shape index (κ1) is 13.6. The highest BCUT2D eigenvalue weighted by molar-refractivity contribution is 5.93. The molecule has 2 aliphatic rings. The maximum absolute atomic E-state index is 13.0. The molecule has 5 heteroatoms. The summed E-state index contributed by atoms with van der Waals surface area (Å²) in [5, 5.41) is 4.13. The third-order valence-corrected chi connectivity index (χ3v) is 4.97. The summed E-state index contributed by atoms with van der Waals surface area (Å²) >= 11 is 0. The number of hydrogen-bond acceptors (Lipinski definition) is 3. The van der Waals surface area contributed by atoms with E-state index in [1.165, 1.54) is 5.69 Å². The van der Waals surface area contributed by atoms with Crippen LogP contribution in [-0.2, 0) is 19.4 Å². The second-order valence-electron chi connectivity index (χ2n) is 6.19. The van der Waals surface area contributed by atoms with Crippen LogP contribution in [0.2, 0.25) is 0 Å². The van der Waals surface area contributed by atoms with E-state index >= 15 is 0 Å². The molecule has 1 atom stereocenters. The Labute approximate surface area is 129 Å². The molecule has 2 aromatic rings. The fraction of sp³-hybridized carbons (Fsp3) is 0.529. The molecule has 0 saturated carbocycles. The molecular weight excluding hydrogens is 278 g/mol. The second kappa shape index (κ2) is 5.30. The molecule has 1 aliphatic heterocycles. The minimum absolute atomic E-state index is 0.00921. The third-order valence-electron chi connectivity index (χ3n) is 4.97. The first-order valence-corrected chi connectivity index (χ1v) is 8.23. The van der Waals surface area contributed by atoms with Crippen molar-refractivity contribution < 1.29 is 9.32 Å². The second-order valence-corrected chi connectivity index (χ2v) is 6.19. The van der Waals surface area contributed by atoms with Crippen LogP contribution < -0.4 is 0 Å². The van der Waals surface area contributed by atoms with Gasteiger partial charge in [-0.3, -0.25) is 4.79 Å². The Morgan fingerprint density at radius 3 is 3.09 bits per heavy atom. The monoisotopic (exact) mass is 299 g/mol. The summed E-state index contributed by atoms with van der Waals surface area (Å²) in [6.07, 6.45) is 7.12. The molecule has 0 N–H and O–H groups in total. The van der Waals surface area contributed by atoms with Crippen molar-refractivity contribution in [1.82, 2.24) is 14.6 Å². The number of nitrogens with zero attached hydrogens (tertiary/aromatic N) is 3. The topological polar surface area (TPSA) is 51.3 Å². The molecule has 22 heavy (non-hydrogen) atoms. The van der Waals surface area contributed by atoms with E-state index in [0.717, 1.165) is 56.5 Å². The van der Waals surface area contributed by atoms with Crippen molar-refractivity contribution in [3.05, 3.63) is 41.0 Å². The quantitative estimate of drug-likeness (QED) is 0.856. The largest absolute Gasteiger partial charge is 0.350 e. The number of hydrogen-bond donors (Lipinski definition) is 0. The standard InChI is InChI=1S/C17H21N3O2/c1-2-14-15-8-5-9-19(15)10-11-20(14)17(21)16-12-6-3-4-7-13(12)18-22-16/h5,8-9,14H,2-4,6-7,10-11H2,1H3. The highest BCUT2D eigenvalue weighted by atomic mass is 16.5. The molecule has 0 saturated heterocycles. The predicted octanol–water partition coefficient (Wildman–Crippen LogP) is 2.96. The normalized spacial score (nSPS) is 20.6. The molecular formula is C17H21N3O2. The third kappa shape index (κ3) is 1.99. The van der Waals surface area contributed by atoms with E-state index in [0.29, 0.717) is 5.76 Å². The molecule has 0 radical (unpaired) electrons. The van der Waals surface area contributed by atoms with Crippen molar-refractivity contribution in [1.29, 1.82) is 0 Å². The number of fused-ring (bicyclic) bond motifs is 2. The van der Waals surface area contributed by atoms with Crippen LogP contribution in [0, 0.1) is 0 Å². The van der Waals surface area contributed by atoms with Crippen molar-refractivity contribution in [2.24, 2.45) is 0 Å². The number of amides is 1. The molecule has 4 rings (SSSR count). The molecule has 0 spiro atoms. The van der Waals surface area contributed by atoms with Crippen molar-refractivity contribution in [2.45, 2.75) is 51.6 Å². The van der Waals surface area contributed by atoms with Gasteiger partial charge in [0.15, 0.2) is 0 Å². The van der Waals surface area contributed by atoms with Gasteiger partial charge in [-0.25, -0.2) is 0 Å². The number of rotatable bonds is 2. The van der Waals surface area contributed by atoms with Crippen molar-refractivity contribution in [3.63, 3.8) is 0 Å². The van der Waals surface area contributed by atoms with E-state index in [1.54, 1.807) is 0 Å². The Hall–Kier alpha value is -2.04.